The van der Waals surface area contributed by atoms with Crippen LogP contribution < -0.4 is 14.8 Å². The standard InChI is InChI=1S/C10H12N2O6/c1-16-6-4-5(9(13)18-3)7(12-10(14)15)8(11-6)17-2/h4,12H,1-3H3,(H,14,15). The van der Waals surface area contributed by atoms with Gasteiger partial charge >= 0.3 is 12.1 Å². The number of methoxy groups -OCH3 is 3. The number of ether oxygens (including phenoxy) is 3. The second-order valence-corrected chi connectivity index (χ2v) is 3.02. The first-order chi connectivity index (χ1) is 8.53. The number of carbonyl (C=O) groups excluding carboxylic acids is 1. The van der Waals surface area contributed by atoms with E-state index in [9.17, 15) is 9.59 Å². The first-order valence-electron chi connectivity index (χ1n) is 4.74. The number of anilines is 1. The van der Waals surface area contributed by atoms with Gasteiger partial charge in [-0.2, -0.15) is 4.98 Å². The van der Waals surface area contributed by atoms with E-state index in [4.69, 9.17) is 14.6 Å². The molecule has 2 N–H and O–H groups in total. The van der Waals surface area contributed by atoms with Crippen LogP contribution in [-0.2, 0) is 4.74 Å². The molecule has 18 heavy (non-hydrogen) atoms. The lowest BCUT2D eigenvalue weighted by Gasteiger charge is -2.12. The normalized spacial score (nSPS) is 9.50. The number of nitrogens with one attached hydrogen (secondary N) is 1. The van der Waals surface area contributed by atoms with E-state index in [1.54, 1.807) is 0 Å². The fourth-order valence-corrected chi connectivity index (χ4v) is 1.25. The van der Waals surface area contributed by atoms with Crippen molar-refractivity contribution in [2.24, 2.45) is 0 Å². The third-order valence-corrected chi connectivity index (χ3v) is 2.00. The average Bonchev–Trinajstić information content (AvgIpc) is 2.37. The van der Waals surface area contributed by atoms with Crippen LogP contribution in [0.15, 0.2) is 6.07 Å². The number of hydrogen-bond acceptors (Lipinski definition) is 6. The van der Waals surface area contributed by atoms with Gasteiger partial charge in [0.1, 0.15) is 5.69 Å². The van der Waals surface area contributed by atoms with E-state index in [2.05, 4.69) is 9.72 Å². The predicted molar refractivity (Wildman–Crippen MR) is 60.3 cm³/mol. The Balaban J connectivity index is 3.41. The number of pyridine rings is 1. The van der Waals surface area contributed by atoms with Crippen molar-refractivity contribution >= 4 is 17.7 Å². The van der Waals surface area contributed by atoms with Gasteiger partial charge in [-0.1, -0.05) is 0 Å². The molecular weight excluding hydrogens is 244 g/mol. The monoisotopic (exact) mass is 256 g/mol. The molecule has 0 fully saturated rings. The van der Waals surface area contributed by atoms with Gasteiger partial charge in [-0.05, 0) is 0 Å². The fraction of sp³-hybridized carbons (Fsp3) is 0.300. The molecule has 0 radical (unpaired) electrons. The summed E-state index contributed by atoms with van der Waals surface area (Å²) in [6.45, 7) is 0. The van der Waals surface area contributed by atoms with Crippen molar-refractivity contribution in [1.82, 2.24) is 4.98 Å². The number of amides is 1. The Kier molecular flexibility index (Phi) is 4.30. The highest BCUT2D eigenvalue weighted by Crippen LogP contribution is 2.30. The van der Waals surface area contributed by atoms with Gasteiger partial charge in [-0.15, -0.1) is 0 Å². The van der Waals surface area contributed by atoms with Crippen molar-refractivity contribution < 1.29 is 28.9 Å². The molecule has 98 valence electrons. The zero-order chi connectivity index (χ0) is 13.7. The summed E-state index contributed by atoms with van der Waals surface area (Å²) in [5, 5.41) is 10.7. The molecule has 0 saturated carbocycles. The van der Waals surface area contributed by atoms with Crippen LogP contribution in [0.1, 0.15) is 10.4 Å². The largest absolute Gasteiger partial charge is 0.481 e. The highest BCUT2D eigenvalue weighted by atomic mass is 16.5. The van der Waals surface area contributed by atoms with Gasteiger partial charge in [0, 0.05) is 6.07 Å². The van der Waals surface area contributed by atoms with E-state index >= 15 is 0 Å². The maximum Gasteiger partial charge on any atom is 0.409 e. The van der Waals surface area contributed by atoms with E-state index in [1.165, 1.54) is 27.4 Å². The van der Waals surface area contributed by atoms with Gasteiger partial charge in [-0.3, -0.25) is 5.32 Å². The molecule has 0 spiro atoms. The quantitative estimate of drug-likeness (QED) is 0.773. The summed E-state index contributed by atoms with van der Waals surface area (Å²) in [6, 6.07) is 1.25. The van der Waals surface area contributed by atoms with Gasteiger partial charge in [0.25, 0.3) is 0 Å². The van der Waals surface area contributed by atoms with Gasteiger partial charge in [-0.25, -0.2) is 9.59 Å². The molecule has 0 bridgehead atoms. The third-order valence-electron chi connectivity index (χ3n) is 2.00. The van der Waals surface area contributed by atoms with Crippen molar-refractivity contribution in [2.75, 3.05) is 26.6 Å². The third kappa shape index (κ3) is 2.78. The highest BCUT2D eigenvalue weighted by molar-refractivity contribution is 6.01. The van der Waals surface area contributed by atoms with E-state index < -0.39 is 12.1 Å². The Morgan fingerprint density at radius 1 is 1.28 bits per heavy atom. The van der Waals surface area contributed by atoms with E-state index in [0.29, 0.717) is 0 Å². The molecule has 0 atom stereocenters. The minimum Gasteiger partial charge on any atom is -0.481 e. The summed E-state index contributed by atoms with van der Waals surface area (Å²) in [5.74, 6) is -0.724. The molecule has 1 aromatic heterocycles. The molecule has 0 aliphatic rings. The smallest absolute Gasteiger partial charge is 0.409 e. The first kappa shape index (κ1) is 13.6. The lowest BCUT2D eigenvalue weighted by Crippen LogP contribution is -2.15. The van der Waals surface area contributed by atoms with Crippen molar-refractivity contribution in [3.8, 4) is 11.8 Å². The molecule has 1 rings (SSSR count). The lowest BCUT2D eigenvalue weighted by molar-refractivity contribution is 0.0601. The SMILES string of the molecule is COC(=O)c1cc(OC)nc(OC)c1NC(=O)O. The van der Waals surface area contributed by atoms with Gasteiger partial charge < -0.3 is 19.3 Å². The molecule has 1 aromatic rings. The maximum absolute atomic E-state index is 11.6. The van der Waals surface area contributed by atoms with Crippen LogP contribution in [0.25, 0.3) is 0 Å². The van der Waals surface area contributed by atoms with Crippen LogP contribution in [0.2, 0.25) is 0 Å². The predicted octanol–water partition coefficient (Wildman–Crippen LogP) is 0.975. The van der Waals surface area contributed by atoms with Crippen LogP contribution >= 0.6 is 0 Å². The van der Waals surface area contributed by atoms with Crippen LogP contribution in [0, 0.1) is 0 Å². The Labute approximate surface area is 102 Å². The van der Waals surface area contributed by atoms with Crippen LogP contribution in [0.5, 0.6) is 11.8 Å². The molecule has 1 amide bonds. The number of carbonyl (C=O) groups is 2. The Morgan fingerprint density at radius 2 is 1.94 bits per heavy atom. The van der Waals surface area contributed by atoms with Crippen LogP contribution in [0.4, 0.5) is 10.5 Å². The summed E-state index contributed by atoms with van der Waals surface area (Å²) in [6.07, 6.45) is -1.36. The molecule has 0 aliphatic heterocycles. The molecule has 8 heteroatoms. The number of carboxylic acid groups (broad SMARTS) is 1. The zero-order valence-electron chi connectivity index (χ0n) is 10.0. The van der Waals surface area contributed by atoms with Crippen molar-refractivity contribution in [2.45, 2.75) is 0 Å². The van der Waals surface area contributed by atoms with Crippen molar-refractivity contribution in [1.29, 1.82) is 0 Å². The number of hydrogen-bond donors (Lipinski definition) is 2. The van der Waals surface area contributed by atoms with Gasteiger partial charge in [0.05, 0.1) is 26.9 Å². The fourth-order valence-electron chi connectivity index (χ4n) is 1.25. The Hall–Kier alpha value is -2.51. The van der Waals surface area contributed by atoms with Crippen LogP contribution in [0.3, 0.4) is 0 Å². The number of aromatic nitrogens is 1. The molecule has 8 nitrogen and oxygen atoms in total. The summed E-state index contributed by atoms with van der Waals surface area (Å²) in [4.78, 5) is 26.1. The zero-order valence-corrected chi connectivity index (χ0v) is 10.0. The Morgan fingerprint density at radius 3 is 2.39 bits per heavy atom. The molecule has 1 heterocycles. The Bertz CT molecular complexity index is 474. The van der Waals surface area contributed by atoms with E-state index in [1.807, 2.05) is 5.32 Å². The number of esters is 1. The topological polar surface area (TPSA) is 107 Å². The number of nitrogens with zero attached hydrogens (tertiary/aromatic N) is 1. The molecular formula is C10H12N2O6. The van der Waals surface area contributed by atoms with Gasteiger partial charge in [0.15, 0.2) is 0 Å². The van der Waals surface area contributed by atoms with Gasteiger partial charge in [0.2, 0.25) is 11.8 Å². The average molecular weight is 256 g/mol. The lowest BCUT2D eigenvalue weighted by atomic mass is 10.2. The maximum atomic E-state index is 11.6. The summed E-state index contributed by atoms with van der Waals surface area (Å²) in [7, 11) is 3.81. The summed E-state index contributed by atoms with van der Waals surface area (Å²) >= 11 is 0. The second kappa shape index (κ2) is 5.71. The molecule has 0 aromatic carbocycles. The molecule has 0 unspecified atom stereocenters. The minimum absolute atomic E-state index is 0.0522. The summed E-state index contributed by atoms with van der Waals surface area (Å²) in [5.41, 5.74) is -0.152. The second-order valence-electron chi connectivity index (χ2n) is 3.02. The van der Waals surface area contributed by atoms with E-state index in [0.717, 1.165) is 0 Å². The minimum atomic E-state index is -1.36. The number of rotatable bonds is 4. The molecule has 0 aliphatic carbocycles. The highest BCUT2D eigenvalue weighted by Gasteiger charge is 2.21. The summed E-state index contributed by atoms with van der Waals surface area (Å²) < 4.78 is 14.3. The molecule has 0 saturated heterocycles. The first-order valence-corrected chi connectivity index (χ1v) is 4.74. The van der Waals surface area contributed by atoms with E-state index in [-0.39, 0.29) is 23.0 Å². The van der Waals surface area contributed by atoms with Crippen LogP contribution in [-0.4, -0.2) is 43.5 Å². The van der Waals surface area contributed by atoms with Crippen molar-refractivity contribution in [3.63, 3.8) is 0 Å². The van der Waals surface area contributed by atoms with Crippen molar-refractivity contribution in [3.05, 3.63) is 11.6 Å².